The molecule has 3 atom stereocenters. The number of hydrogen-bond acceptors (Lipinski definition) is 4. The molecule has 1 aromatic rings. The molecule has 0 radical (unpaired) electrons. The number of morpholine rings is 1. The van der Waals surface area contributed by atoms with Crippen molar-refractivity contribution in [2.75, 3.05) is 51.6 Å². The number of carbonyl (C=O) groups is 2. The van der Waals surface area contributed by atoms with Gasteiger partial charge in [-0.15, -0.1) is 0 Å². The van der Waals surface area contributed by atoms with Gasteiger partial charge in [-0.05, 0) is 32.0 Å². The van der Waals surface area contributed by atoms with Gasteiger partial charge < -0.3 is 24.8 Å². The molecule has 27 heavy (non-hydrogen) atoms. The molecule has 4 rings (SSSR count). The summed E-state index contributed by atoms with van der Waals surface area (Å²) in [5, 5.41) is 2.99. The van der Waals surface area contributed by atoms with E-state index < -0.39 is 0 Å². The minimum absolute atomic E-state index is 0.0483. The zero-order valence-electron chi connectivity index (χ0n) is 16.1. The van der Waals surface area contributed by atoms with Crippen LogP contribution in [0, 0.1) is 12.8 Å². The maximum Gasteiger partial charge on any atom is 0.322 e. The molecule has 3 fully saturated rings. The Morgan fingerprint density at radius 2 is 1.81 bits per heavy atom. The van der Waals surface area contributed by atoms with E-state index >= 15 is 0 Å². The number of ether oxygens (including phenoxy) is 1. The van der Waals surface area contributed by atoms with Crippen LogP contribution in [0.3, 0.4) is 0 Å². The van der Waals surface area contributed by atoms with Gasteiger partial charge in [0.25, 0.3) is 0 Å². The maximum atomic E-state index is 13.0. The summed E-state index contributed by atoms with van der Waals surface area (Å²) in [5.41, 5.74) is 1.86. The second-order valence-corrected chi connectivity index (χ2v) is 7.92. The molecule has 3 aliphatic rings. The van der Waals surface area contributed by atoms with Crippen LogP contribution in [0.25, 0.3) is 0 Å². The van der Waals surface area contributed by atoms with Gasteiger partial charge in [0.2, 0.25) is 5.91 Å². The number of carbonyl (C=O) groups excluding carboxylic acids is 2. The molecule has 3 saturated heterocycles. The average Bonchev–Trinajstić information content (AvgIpc) is 2.97. The first kappa shape index (κ1) is 18.3. The molecule has 3 amide bonds. The molecular weight excluding hydrogens is 344 g/mol. The minimum atomic E-state index is -0.196. The number of piperazine rings is 1. The van der Waals surface area contributed by atoms with Crippen LogP contribution in [-0.2, 0) is 9.53 Å². The first-order valence-corrected chi connectivity index (χ1v) is 9.75. The Labute approximate surface area is 160 Å². The molecule has 0 spiro atoms. The van der Waals surface area contributed by atoms with Crippen molar-refractivity contribution in [2.45, 2.75) is 25.6 Å². The standard InChI is InChI=1S/C20H28N4O3/c1-14-5-3-4-6-17(14)21-20(26)24-12-15-11-16(18(13-24)27-15)19(25)23-9-7-22(2)8-10-23/h3-6,15-16,18H,7-13H2,1-2H3,(H,21,26)/t15-,16+,18-/m1/s1. The average molecular weight is 372 g/mol. The molecule has 0 unspecified atom stereocenters. The molecule has 3 aliphatic heterocycles. The monoisotopic (exact) mass is 372 g/mol. The smallest absolute Gasteiger partial charge is 0.322 e. The first-order chi connectivity index (χ1) is 13.0. The van der Waals surface area contributed by atoms with Crippen LogP contribution in [0.4, 0.5) is 10.5 Å². The number of aryl methyl sites for hydroxylation is 1. The Bertz CT molecular complexity index is 717. The fourth-order valence-corrected chi connectivity index (χ4v) is 4.25. The number of nitrogens with zero attached hydrogens (tertiary/aromatic N) is 3. The SMILES string of the molecule is Cc1ccccc1NC(=O)N1C[C@H]2C[C@H](C(=O)N3CCN(C)CC3)[C@@H](C1)O2. The molecule has 146 valence electrons. The van der Waals surface area contributed by atoms with E-state index in [1.165, 1.54) is 0 Å². The molecular formula is C20H28N4O3. The van der Waals surface area contributed by atoms with Gasteiger partial charge in [-0.1, -0.05) is 18.2 Å². The topological polar surface area (TPSA) is 65.1 Å². The van der Waals surface area contributed by atoms with E-state index in [1.807, 2.05) is 36.1 Å². The van der Waals surface area contributed by atoms with Crippen LogP contribution >= 0.6 is 0 Å². The lowest BCUT2D eigenvalue weighted by atomic mass is 9.98. The number of amides is 3. The summed E-state index contributed by atoms with van der Waals surface area (Å²) < 4.78 is 6.02. The van der Waals surface area contributed by atoms with Crippen LogP contribution in [0.5, 0.6) is 0 Å². The van der Waals surface area contributed by atoms with Gasteiger partial charge in [0.1, 0.15) is 0 Å². The molecule has 1 N–H and O–H groups in total. The predicted octanol–water partition coefficient (Wildman–Crippen LogP) is 1.39. The zero-order chi connectivity index (χ0) is 19.0. The van der Waals surface area contributed by atoms with Gasteiger partial charge in [0.05, 0.1) is 18.1 Å². The normalized spacial score (nSPS) is 28.3. The Morgan fingerprint density at radius 3 is 2.56 bits per heavy atom. The van der Waals surface area contributed by atoms with Gasteiger partial charge in [-0.25, -0.2) is 4.79 Å². The van der Waals surface area contributed by atoms with Gasteiger partial charge >= 0.3 is 6.03 Å². The van der Waals surface area contributed by atoms with Crippen LogP contribution in [0.2, 0.25) is 0 Å². The number of nitrogens with one attached hydrogen (secondary N) is 1. The lowest BCUT2D eigenvalue weighted by molar-refractivity contribution is -0.139. The van der Waals surface area contributed by atoms with E-state index in [9.17, 15) is 9.59 Å². The zero-order valence-corrected chi connectivity index (χ0v) is 16.1. The van der Waals surface area contributed by atoms with Crippen molar-refractivity contribution in [3.05, 3.63) is 29.8 Å². The summed E-state index contributed by atoms with van der Waals surface area (Å²) >= 11 is 0. The van der Waals surface area contributed by atoms with Crippen LogP contribution in [-0.4, -0.2) is 85.2 Å². The van der Waals surface area contributed by atoms with Crippen LogP contribution in [0.1, 0.15) is 12.0 Å². The molecule has 1 aromatic carbocycles. The molecule has 0 aliphatic carbocycles. The fraction of sp³-hybridized carbons (Fsp3) is 0.600. The van der Waals surface area contributed by atoms with E-state index in [2.05, 4.69) is 17.3 Å². The summed E-state index contributed by atoms with van der Waals surface area (Å²) in [6.07, 6.45) is 0.468. The van der Waals surface area contributed by atoms with Crippen molar-refractivity contribution in [2.24, 2.45) is 5.92 Å². The highest BCUT2D eigenvalue weighted by molar-refractivity contribution is 5.90. The second-order valence-electron chi connectivity index (χ2n) is 7.92. The number of urea groups is 1. The first-order valence-electron chi connectivity index (χ1n) is 9.75. The van der Waals surface area contributed by atoms with Crippen molar-refractivity contribution >= 4 is 17.6 Å². The molecule has 2 bridgehead atoms. The summed E-state index contributed by atoms with van der Waals surface area (Å²) in [6.45, 7) is 6.38. The Kier molecular flexibility index (Phi) is 5.06. The van der Waals surface area contributed by atoms with Crippen LogP contribution in [0.15, 0.2) is 24.3 Å². The second kappa shape index (κ2) is 7.48. The highest BCUT2D eigenvalue weighted by atomic mass is 16.5. The van der Waals surface area contributed by atoms with E-state index in [1.54, 1.807) is 4.90 Å². The van der Waals surface area contributed by atoms with E-state index in [4.69, 9.17) is 4.74 Å². The van der Waals surface area contributed by atoms with Gasteiger partial charge in [0.15, 0.2) is 0 Å². The van der Waals surface area contributed by atoms with Crippen molar-refractivity contribution in [1.29, 1.82) is 0 Å². The van der Waals surface area contributed by atoms with Crippen molar-refractivity contribution in [1.82, 2.24) is 14.7 Å². The van der Waals surface area contributed by atoms with Crippen molar-refractivity contribution < 1.29 is 14.3 Å². The molecule has 7 heteroatoms. The Hall–Kier alpha value is -2.12. The van der Waals surface area contributed by atoms with E-state index in [0.717, 1.165) is 37.4 Å². The number of rotatable bonds is 2. The van der Waals surface area contributed by atoms with E-state index in [-0.39, 0.29) is 30.1 Å². The Morgan fingerprint density at radius 1 is 1.07 bits per heavy atom. The van der Waals surface area contributed by atoms with E-state index in [0.29, 0.717) is 19.5 Å². The number of hydrogen-bond donors (Lipinski definition) is 1. The molecule has 0 saturated carbocycles. The molecule has 3 heterocycles. The number of fused-ring (bicyclic) bond motifs is 2. The quantitative estimate of drug-likeness (QED) is 0.852. The third kappa shape index (κ3) is 3.80. The van der Waals surface area contributed by atoms with Gasteiger partial charge in [-0.3, -0.25) is 4.79 Å². The highest BCUT2D eigenvalue weighted by Crippen LogP contribution is 2.33. The van der Waals surface area contributed by atoms with Gasteiger partial charge in [-0.2, -0.15) is 0 Å². The summed E-state index contributed by atoms with van der Waals surface area (Å²) in [6, 6.07) is 7.63. The minimum Gasteiger partial charge on any atom is -0.370 e. The van der Waals surface area contributed by atoms with Crippen molar-refractivity contribution in [3.63, 3.8) is 0 Å². The predicted molar refractivity (Wildman–Crippen MR) is 103 cm³/mol. The highest BCUT2D eigenvalue weighted by Gasteiger charge is 2.47. The third-order valence-electron chi connectivity index (χ3n) is 5.96. The molecule has 7 nitrogen and oxygen atoms in total. The summed E-state index contributed by atoms with van der Waals surface area (Å²) in [5.74, 6) is 0.0615. The fourth-order valence-electron chi connectivity index (χ4n) is 4.25. The Balaban J connectivity index is 1.38. The number of benzene rings is 1. The number of anilines is 1. The van der Waals surface area contributed by atoms with Gasteiger partial charge in [0, 0.05) is 45.0 Å². The number of likely N-dealkylation sites (tertiary alicyclic amines) is 1. The maximum absolute atomic E-state index is 13.0. The molecule has 0 aromatic heterocycles. The third-order valence-corrected chi connectivity index (χ3v) is 5.96. The summed E-state index contributed by atoms with van der Waals surface area (Å²) in [7, 11) is 2.08. The lowest BCUT2D eigenvalue weighted by Crippen LogP contribution is -2.52. The largest absolute Gasteiger partial charge is 0.370 e. The lowest BCUT2D eigenvalue weighted by Gasteiger charge is -2.36. The van der Waals surface area contributed by atoms with Crippen molar-refractivity contribution in [3.8, 4) is 0 Å². The summed E-state index contributed by atoms with van der Waals surface area (Å²) in [4.78, 5) is 31.7. The number of para-hydroxylation sites is 1. The van der Waals surface area contributed by atoms with Crippen LogP contribution < -0.4 is 5.32 Å². The number of likely N-dealkylation sites (N-methyl/N-ethyl adjacent to an activating group) is 1.